The van der Waals surface area contributed by atoms with Crippen molar-refractivity contribution in [3.63, 3.8) is 0 Å². The molecule has 0 atom stereocenters. The number of nitrogens with zero attached hydrogens (tertiary/aromatic N) is 3. The van der Waals surface area contributed by atoms with Gasteiger partial charge in [-0.2, -0.15) is 0 Å². The molecule has 122 valence electrons. The van der Waals surface area contributed by atoms with Crippen LogP contribution in [0.25, 0.3) is 21.6 Å². The van der Waals surface area contributed by atoms with Gasteiger partial charge in [-0.25, -0.2) is 4.79 Å². The van der Waals surface area contributed by atoms with E-state index in [1.54, 1.807) is 0 Å². The van der Waals surface area contributed by atoms with Crippen LogP contribution in [-0.4, -0.2) is 25.8 Å². The third kappa shape index (κ3) is 3.34. The van der Waals surface area contributed by atoms with E-state index >= 15 is 0 Å². The van der Waals surface area contributed by atoms with Crippen LogP contribution in [0.1, 0.15) is 23.5 Å². The number of azide groups is 1. The Hall–Kier alpha value is -2.98. The molecule has 3 rings (SSSR count). The molecule has 0 unspecified atom stereocenters. The third-order valence-corrected chi connectivity index (χ3v) is 4.11. The molecule has 0 spiro atoms. The lowest BCUT2D eigenvalue weighted by Crippen LogP contribution is -2.27. The Morgan fingerprint density at radius 3 is 2.38 bits per heavy atom. The number of carbonyl (C=O) groups excluding carboxylic acids is 1. The van der Waals surface area contributed by atoms with Crippen molar-refractivity contribution >= 4 is 6.09 Å². The van der Waals surface area contributed by atoms with Gasteiger partial charge in [-0.3, -0.25) is 0 Å². The molecular formula is C18H18N4O2. The van der Waals surface area contributed by atoms with E-state index in [1.165, 1.54) is 22.3 Å². The van der Waals surface area contributed by atoms with E-state index in [0.717, 1.165) is 0 Å². The fourth-order valence-corrected chi connectivity index (χ4v) is 3.03. The molecule has 1 amide bonds. The van der Waals surface area contributed by atoms with Gasteiger partial charge in [0, 0.05) is 23.9 Å². The number of fused-ring (bicyclic) bond motifs is 3. The highest BCUT2D eigenvalue weighted by Gasteiger charge is 2.28. The van der Waals surface area contributed by atoms with Gasteiger partial charge < -0.3 is 10.1 Å². The second-order valence-electron chi connectivity index (χ2n) is 5.56. The number of alkyl carbamates (subject to hydrolysis) is 1. The first-order valence-electron chi connectivity index (χ1n) is 7.91. The number of carbonyl (C=O) groups is 1. The molecule has 6 heteroatoms. The van der Waals surface area contributed by atoms with Crippen LogP contribution in [0.15, 0.2) is 53.6 Å². The Morgan fingerprint density at radius 1 is 1.12 bits per heavy atom. The van der Waals surface area contributed by atoms with Gasteiger partial charge >= 0.3 is 6.09 Å². The van der Waals surface area contributed by atoms with Gasteiger partial charge in [-0.05, 0) is 34.2 Å². The molecular weight excluding hydrogens is 304 g/mol. The van der Waals surface area contributed by atoms with Crippen LogP contribution in [0.4, 0.5) is 4.79 Å². The minimum Gasteiger partial charge on any atom is -0.449 e. The van der Waals surface area contributed by atoms with E-state index in [1.807, 2.05) is 24.3 Å². The normalized spacial score (nSPS) is 12.0. The Kier molecular flexibility index (Phi) is 4.99. The minimum atomic E-state index is -0.446. The van der Waals surface area contributed by atoms with Crippen molar-refractivity contribution in [2.24, 2.45) is 5.11 Å². The van der Waals surface area contributed by atoms with Crippen molar-refractivity contribution in [2.75, 3.05) is 19.7 Å². The van der Waals surface area contributed by atoms with Gasteiger partial charge in [0.25, 0.3) is 0 Å². The Balaban J connectivity index is 1.61. The molecule has 24 heavy (non-hydrogen) atoms. The summed E-state index contributed by atoms with van der Waals surface area (Å²) in [6, 6.07) is 16.4. The first kappa shape index (κ1) is 15.9. The number of rotatable bonds is 6. The van der Waals surface area contributed by atoms with Crippen LogP contribution in [0, 0.1) is 0 Å². The lowest BCUT2D eigenvalue weighted by Gasteiger charge is -2.14. The van der Waals surface area contributed by atoms with Crippen molar-refractivity contribution in [3.05, 3.63) is 70.1 Å². The molecule has 0 bridgehead atoms. The molecule has 1 N–H and O–H groups in total. The van der Waals surface area contributed by atoms with Crippen molar-refractivity contribution in [3.8, 4) is 11.1 Å². The number of amides is 1. The molecule has 0 aliphatic heterocycles. The summed E-state index contributed by atoms with van der Waals surface area (Å²) in [6.45, 7) is 1.09. The fraction of sp³-hybridized carbons (Fsp3) is 0.278. The number of ether oxygens (including phenoxy) is 1. The van der Waals surface area contributed by atoms with Gasteiger partial charge in [0.05, 0.1) is 0 Å². The molecule has 0 radical (unpaired) electrons. The summed E-state index contributed by atoms with van der Waals surface area (Å²) >= 11 is 0. The number of hydrogen-bond acceptors (Lipinski definition) is 3. The summed E-state index contributed by atoms with van der Waals surface area (Å²) in [7, 11) is 0. The molecule has 0 aromatic heterocycles. The minimum absolute atomic E-state index is 0.0614. The van der Waals surface area contributed by atoms with Crippen LogP contribution in [0.5, 0.6) is 0 Å². The Morgan fingerprint density at radius 2 is 1.75 bits per heavy atom. The van der Waals surface area contributed by atoms with Crippen LogP contribution < -0.4 is 5.32 Å². The molecule has 6 nitrogen and oxygen atoms in total. The average molecular weight is 322 g/mol. The van der Waals surface area contributed by atoms with Crippen molar-refractivity contribution in [1.29, 1.82) is 0 Å². The predicted octanol–water partition coefficient (Wildman–Crippen LogP) is 4.23. The van der Waals surface area contributed by atoms with Gasteiger partial charge in [0.2, 0.25) is 0 Å². The summed E-state index contributed by atoms with van der Waals surface area (Å²) in [6.07, 6.45) is 0.145. The lowest BCUT2D eigenvalue weighted by atomic mass is 9.98. The largest absolute Gasteiger partial charge is 0.449 e. The van der Waals surface area contributed by atoms with E-state index in [2.05, 4.69) is 39.6 Å². The maximum atomic E-state index is 11.8. The molecule has 1 aliphatic rings. The smallest absolute Gasteiger partial charge is 0.407 e. The van der Waals surface area contributed by atoms with E-state index in [4.69, 9.17) is 10.3 Å². The molecule has 0 heterocycles. The standard InChI is InChI=1S/C18H18N4O2/c19-22-21-11-5-10-20-18(23)24-12-17-15-8-3-1-6-13(15)14-7-2-4-9-16(14)17/h1-4,6-9,17H,5,10-12H2,(H,20,23). The highest BCUT2D eigenvalue weighted by atomic mass is 16.5. The first-order valence-corrected chi connectivity index (χ1v) is 7.91. The van der Waals surface area contributed by atoms with E-state index < -0.39 is 6.09 Å². The zero-order chi connectivity index (χ0) is 16.8. The second-order valence-corrected chi connectivity index (χ2v) is 5.56. The highest BCUT2D eigenvalue weighted by Crippen LogP contribution is 2.44. The molecule has 2 aromatic rings. The van der Waals surface area contributed by atoms with Crippen molar-refractivity contribution < 1.29 is 9.53 Å². The Bertz CT molecular complexity index is 739. The number of nitrogens with one attached hydrogen (secondary N) is 1. The third-order valence-electron chi connectivity index (χ3n) is 4.11. The molecule has 1 aliphatic carbocycles. The highest BCUT2D eigenvalue weighted by molar-refractivity contribution is 5.79. The summed E-state index contributed by atoms with van der Waals surface area (Å²) in [5, 5.41) is 6.09. The first-order chi connectivity index (χ1) is 11.8. The quantitative estimate of drug-likeness (QED) is 0.373. The van der Waals surface area contributed by atoms with Crippen LogP contribution in [0.2, 0.25) is 0 Å². The van der Waals surface area contributed by atoms with Gasteiger partial charge in [-0.15, -0.1) is 0 Å². The van der Waals surface area contributed by atoms with Crippen LogP contribution in [0.3, 0.4) is 0 Å². The van der Waals surface area contributed by atoms with Gasteiger partial charge in [-0.1, -0.05) is 53.6 Å². The Labute approximate surface area is 140 Å². The predicted molar refractivity (Wildman–Crippen MR) is 91.7 cm³/mol. The molecule has 0 saturated heterocycles. The molecule has 0 saturated carbocycles. The van der Waals surface area contributed by atoms with E-state index in [9.17, 15) is 4.79 Å². The van der Waals surface area contributed by atoms with Gasteiger partial charge in [0.1, 0.15) is 6.61 Å². The van der Waals surface area contributed by atoms with Crippen molar-refractivity contribution in [1.82, 2.24) is 5.32 Å². The maximum absolute atomic E-state index is 11.8. The second kappa shape index (κ2) is 7.53. The van der Waals surface area contributed by atoms with Crippen molar-refractivity contribution in [2.45, 2.75) is 12.3 Å². The molecule has 2 aromatic carbocycles. The zero-order valence-corrected chi connectivity index (χ0v) is 13.2. The summed E-state index contributed by atoms with van der Waals surface area (Å²) < 4.78 is 5.39. The lowest BCUT2D eigenvalue weighted by molar-refractivity contribution is 0.143. The van der Waals surface area contributed by atoms with E-state index in [-0.39, 0.29) is 5.92 Å². The summed E-state index contributed by atoms with van der Waals surface area (Å²) in [5.74, 6) is 0.0614. The SMILES string of the molecule is [N-]=[N+]=NCCCNC(=O)OCC1c2ccccc2-c2ccccc21. The number of benzene rings is 2. The fourth-order valence-electron chi connectivity index (χ4n) is 3.03. The van der Waals surface area contributed by atoms with Crippen LogP contribution in [-0.2, 0) is 4.74 Å². The maximum Gasteiger partial charge on any atom is 0.407 e. The topological polar surface area (TPSA) is 87.1 Å². The van der Waals surface area contributed by atoms with Crippen LogP contribution >= 0.6 is 0 Å². The zero-order valence-electron chi connectivity index (χ0n) is 13.2. The number of hydrogen-bond donors (Lipinski definition) is 1. The average Bonchev–Trinajstić information content (AvgIpc) is 2.94. The molecule has 0 fully saturated rings. The monoisotopic (exact) mass is 322 g/mol. The van der Waals surface area contributed by atoms with E-state index in [0.29, 0.717) is 26.1 Å². The summed E-state index contributed by atoms with van der Waals surface area (Å²) in [4.78, 5) is 14.5. The van der Waals surface area contributed by atoms with Gasteiger partial charge in [0.15, 0.2) is 0 Å². The summed E-state index contributed by atoms with van der Waals surface area (Å²) in [5.41, 5.74) is 13.0.